The number of nitro benzene ring substituents is 1. The van der Waals surface area contributed by atoms with Gasteiger partial charge in [-0.2, -0.15) is 0 Å². The van der Waals surface area contributed by atoms with Crippen molar-refractivity contribution >= 4 is 52.5 Å². The molecule has 0 aliphatic carbocycles. The van der Waals surface area contributed by atoms with E-state index in [0.29, 0.717) is 16.3 Å². The van der Waals surface area contributed by atoms with Gasteiger partial charge in [0.25, 0.3) is 11.6 Å². The first-order chi connectivity index (χ1) is 12.8. The van der Waals surface area contributed by atoms with E-state index in [0.717, 1.165) is 6.08 Å². The van der Waals surface area contributed by atoms with Gasteiger partial charge in [0, 0.05) is 23.2 Å². The lowest BCUT2D eigenvalue weighted by molar-refractivity contribution is -0.384. The Hall–Kier alpha value is -2.90. The normalized spacial score (nSPS) is 11.8. The molecule has 27 heavy (non-hydrogen) atoms. The van der Waals surface area contributed by atoms with Crippen LogP contribution in [0.25, 0.3) is 6.08 Å². The van der Waals surface area contributed by atoms with Gasteiger partial charge in [0.15, 0.2) is 6.10 Å². The monoisotopic (exact) mass is 408 g/mol. The maximum atomic E-state index is 12.1. The van der Waals surface area contributed by atoms with E-state index in [1.807, 2.05) is 0 Å². The van der Waals surface area contributed by atoms with Gasteiger partial charge in [-0.15, -0.1) is 0 Å². The molecular formula is C18H14Cl2N2O5. The van der Waals surface area contributed by atoms with Crippen molar-refractivity contribution < 1.29 is 19.2 Å². The molecule has 9 heteroatoms. The number of hydrogen-bond donors (Lipinski definition) is 1. The highest BCUT2D eigenvalue weighted by molar-refractivity contribution is 6.36. The van der Waals surface area contributed by atoms with Crippen LogP contribution in [0.2, 0.25) is 10.0 Å². The summed E-state index contributed by atoms with van der Waals surface area (Å²) >= 11 is 11.8. The number of hydrogen-bond acceptors (Lipinski definition) is 5. The molecule has 1 N–H and O–H groups in total. The van der Waals surface area contributed by atoms with Gasteiger partial charge < -0.3 is 10.1 Å². The number of carbonyl (C=O) groups excluding carboxylic acids is 2. The molecule has 7 nitrogen and oxygen atoms in total. The zero-order valence-electron chi connectivity index (χ0n) is 14.0. The minimum absolute atomic E-state index is 0.0547. The summed E-state index contributed by atoms with van der Waals surface area (Å²) < 4.78 is 5.02. The van der Waals surface area contributed by atoms with Gasteiger partial charge in [-0.1, -0.05) is 23.2 Å². The van der Waals surface area contributed by atoms with Gasteiger partial charge in [-0.3, -0.25) is 14.9 Å². The molecule has 2 aromatic carbocycles. The fourth-order valence-electron chi connectivity index (χ4n) is 1.96. The van der Waals surface area contributed by atoms with Gasteiger partial charge in [0.2, 0.25) is 0 Å². The van der Waals surface area contributed by atoms with Crippen molar-refractivity contribution in [2.75, 3.05) is 5.32 Å². The summed E-state index contributed by atoms with van der Waals surface area (Å²) in [5, 5.41) is 13.8. The molecule has 0 fully saturated rings. The second-order valence-corrected chi connectivity index (χ2v) is 6.22. The largest absolute Gasteiger partial charge is 0.449 e. The number of nitro groups is 1. The van der Waals surface area contributed by atoms with Crippen molar-refractivity contribution in [3.63, 3.8) is 0 Å². The molecular weight excluding hydrogens is 395 g/mol. The van der Waals surface area contributed by atoms with E-state index in [4.69, 9.17) is 27.9 Å². The van der Waals surface area contributed by atoms with Crippen LogP contribution in [0.3, 0.4) is 0 Å². The zero-order chi connectivity index (χ0) is 20.0. The Morgan fingerprint density at radius 2 is 1.85 bits per heavy atom. The Morgan fingerprint density at radius 3 is 2.44 bits per heavy atom. The van der Waals surface area contributed by atoms with Crippen molar-refractivity contribution in [1.82, 2.24) is 0 Å². The van der Waals surface area contributed by atoms with Crippen molar-refractivity contribution in [1.29, 1.82) is 0 Å². The fraction of sp³-hybridized carbons (Fsp3) is 0.111. The molecule has 0 spiro atoms. The minimum atomic E-state index is -1.06. The van der Waals surface area contributed by atoms with E-state index in [9.17, 15) is 19.7 Å². The topological polar surface area (TPSA) is 98.5 Å². The molecule has 0 aromatic heterocycles. The van der Waals surface area contributed by atoms with Gasteiger partial charge in [-0.05, 0) is 48.9 Å². The van der Waals surface area contributed by atoms with Gasteiger partial charge in [-0.25, -0.2) is 4.79 Å². The van der Waals surface area contributed by atoms with E-state index in [1.54, 1.807) is 6.07 Å². The Labute approximate surface area is 164 Å². The summed E-state index contributed by atoms with van der Waals surface area (Å²) in [7, 11) is 0. The second kappa shape index (κ2) is 9.16. The molecule has 2 rings (SSSR count). The van der Waals surface area contributed by atoms with Crippen molar-refractivity contribution in [2.24, 2.45) is 0 Å². The van der Waals surface area contributed by atoms with E-state index < -0.39 is 22.9 Å². The van der Waals surface area contributed by atoms with Crippen LogP contribution in [0.4, 0.5) is 11.4 Å². The summed E-state index contributed by atoms with van der Waals surface area (Å²) in [6, 6.07) is 10.2. The minimum Gasteiger partial charge on any atom is -0.449 e. The van der Waals surface area contributed by atoms with Gasteiger partial charge >= 0.3 is 5.97 Å². The number of rotatable bonds is 6. The number of benzene rings is 2. The van der Waals surface area contributed by atoms with Crippen LogP contribution in [0.5, 0.6) is 0 Å². The molecule has 0 saturated carbocycles. The summed E-state index contributed by atoms with van der Waals surface area (Å²) in [5.74, 6) is -1.30. The van der Waals surface area contributed by atoms with E-state index in [1.165, 1.54) is 49.4 Å². The molecule has 1 atom stereocenters. The van der Waals surface area contributed by atoms with Crippen LogP contribution in [0.1, 0.15) is 12.5 Å². The third-order valence-corrected chi connectivity index (χ3v) is 3.91. The summed E-state index contributed by atoms with van der Waals surface area (Å²) in [6.45, 7) is 1.41. The lowest BCUT2D eigenvalue weighted by Crippen LogP contribution is -2.29. The number of halogens is 2. The lowest BCUT2D eigenvalue weighted by atomic mass is 10.2. The van der Waals surface area contributed by atoms with Crippen molar-refractivity contribution in [3.05, 3.63) is 74.3 Å². The number of non-ortho nitro benzene ring substituents is 1. The quantitative estimate of drug-likeness (QED) is 0.328. The molecule has 2 aromatic rings. The maximum Gasteiger partial charge on any atom is 0.331 e. The molecule has 1 amide bonds. The average molecular weight is 409 g/mol. The molecule has 0 aliphatic heterocycles. The van der Waals surface area contributed by atoms with E-state index in [2.05, 4.69) is 5.32 Å². The summed E-state index contributed by atoms with van der Waals surface area (Å²) in [4.78, 5) is 34.0. The predicted molar refractivity (Wildman–Crippen MR) is 103 cm³/mol. The van der Waals surface area contributed by atoms with E-state index >= 15 is 0 Å². The van der Waals surface area contributed by atoms with Gasteiger partial charge in [0.1, 0.15) is 0 Å². The Kier molecular flexibility index (Phi) is 6.92. The highest BCUT2D eigenvalue weighted by Crippen LogP contribution is 2.25. The highest BCUT2D eigenvalue weighted by atomic mass is 35.5. The SMILES string of the molecule is C[C@H](OC(=O)/C=C/c1ccc([N+](=O)[O-])cc1)C(=O)Nc1ccc(Cl)cc1Cl. The third-order valence-electron chi connectivity index (χ3n) is 3.37. The zero-order valence-corrected chi connectivity index (χ0v) is 15.5. The number of anilines is 1. The molecule has 140 valence electrons. The number of esters is 1. The van der Waals surface area contributed by atoms with Crippen LogP contribution in [-0.4, -0.2) is 22.9 Å². The van der Waals surface area contributed by atoms with Crippen LogP contribution >= 0.6 is 23.2 Å². The molecule has 0 bridgehead atoms. The number of amides is 1. The second-order valence-electron chi connectivity index (χ2n) is 5.37. The molecule has 0 radical (unpaired) electrons. The smallest absolute Gasteiger partial charge is 0.331 e. The standard InChI is InChI=1S/C18H14Cl2N2O5/c1-11(18(24)21-16-8-5-13(19)10-15(16)20)27-17(23)9-4-12-2-6-14(7-3-12)22(25)26/h2-11H,1H3,(H,21,24)/b9-4+/t11-/m0/s1. The molecule has 0 heterocycles. The first-order valence-electron chi connectivity index (χ1n) is 7.65. The number of nitrogens with one attached hydrogen (secondary N) is 1. The third kappa shape index (κ3) is 6.09. The van der Waals surface area contributed by atoms with Crippen molar-refractivity contribution in [2.45, 2.75) is 13.0 Å². The first-order valence-corrected chi connectivity index (χ1v) is 8.41. The number of ether oxygens (including phenoxy) is 1. The Balaban J connectivity index is 1.92. The Bertz CT molecular complexity index is 897. The molecule has 0 unspecified atom stereocenters. The van der Waals surface area contributed by atoms with Crippen LogP contribution in [0, 0.1) is 10.1 Å². The van der Waals surface area contributed by atoms with Crippen LogP contribution in [0.15, 0.2) is 48.5 Å². The molecule has 0 saturated heterocycles. The Morgan fingerprint density at radius 1 is 1.19 bits per heavy atom. The molecule has 0 aliphatic rings. The highest BCUT2D eigenvalue weighted by Gasteiger charge is 2.17. The predicted octanol–water partition coefficient (Wildman–Crippen LogP) is 4.49. The van der Waals surface area contributed by atoms with Crippen molar-refractivity contribution in [3.8, 4) is 0 Å². The van der Waals surface area contributed by atoms with Crippen LogP contribution in [-0.2, 0) is 14.3 Å². The van der Waals surface area contributed by atoms with Gasteiger partial charge in [0.05, 0.1) is 15.6 Å². The van der Waals surface area contributed by atoms with Crippen LogP contribution < -0.4 is 5.32 Å². The maximum absolute atomic E-state index is 12.1. The average Bonchev–Trinajstić information content (AvgIpc) is 2.62. The summed E-state index contributed by atoms with van der Waals surface area (Å²) in [6.07, 6.45) is 1.48. The number of nitrogens with zero attached hydrogens (tertiary/aromatic N) is 1. The summed E-state index contributed by atoms with van der Waals surface area (Å²) in [5.41, 5.74) is 0.860. The fourth-order valence-corrected chi connectivity index (χ4v) is 2.42. The lowest BCUT2D eigenvalue weighted by Gasteiger charge is -2.13. The first kappa shape index (κ1) is 20.4. The number of carbonyl (C=O) groups is 2. The van der Waals surface area contributed by atoms with E-state index in [-0.39, 0.29) is 10.7 Å².